The van der Waals surface area contributed by atoms with Gasteiger partial charge in [-0.15, -0.1) is 0 Å². The van der Waals surface area contributed by atoms with E-state index >= 15 is 0 Å². The van der Waals surface area contributed by atoms with Crippen molar-refractivity contribution in [3.63, 3.8) is 0 Å². The van der Waals surface area contributed by atoms with Crippen molar-refractivity contribution in [1.82, 2.24) is 0 Å². The number of Topliss-reactive ketones (excluding diaryl/α,β-unsaturated/α-hetero) is 2. The van der Waals surface area contributed by atoms with Crippen molar-refractivity contribution in [2.45, 2.75) is 79.1 Å². The molecule has 182 valence electrons. The van der Waals surface area contributed by atoms with E-state index in [-0.39, 0.29) is 45.5 Å². The second-order valence-electron chi connectivity index (χ2n) is 9.67. The van der Waals surface area contributed by atoms with Crippen molar-refractivity contribution in [3.8, 4) is 11.5 Å². The molecule has 0 spiro atoms. The van der Waals surface area contributed by atoms with Crippen LogP contribution in [0.15, 0.2) is 21.7 Å². The van der Waals surface area contributed by atoms with Crippen LogP contribution in [0, 0.1) is 11.8 Å². The summed E-state index contributed by atoms with van der Waals surface area (Å²) in [6.45, 7) is 7.76. The fourth-order valence-corrected chi connectivity index (χ4v) is 4.22. The van der Waals surface area contributed by atoms with Crippen LogP contribution >= 0.6 is 0 Å². The lowest BCUT2D eigenvalue weighted by Crippen LogP contribution is -2.10. The molecule has 34 heavy (non-hydrogen) atoms. The van der Waals surface area contributed by atoms with E-state index < -0.39 is 33.9 Å². The molecule has 2 N–H and O–H groups in total. The summed E-state index contributed by atoms with van der Waals surface area (Å²) in [6, 6.07) is 2.50. The molecule has 0 heterocycles. The van der Waals surface area contributed by atoms with Gasteiger partial charge in [0.15, 0.2) is 11.6 Å². The summed E-state index contributed by atoms with van der Waals surface area (Å²) >= 11 is 0. The number of benzene rings is 1. The predicted octanol–water partition coefficient (Wildman–Crippen LogP) is 5.80. The molecule has 5 rings (SSSR count). The van der Waals surface area contributed by atoms with Gasteiger partial charge in [0.05, 0.1) is 0 Å². The molecule has 2 aliphatic carbocycles. The van der Waals surface area contributed by atoms with Crippen LogP contribution in [0.3, 0.4) is 0 Å². The predicted molar refractivity (Wildman–Crippen MR) is 135 cm³/mol. The maximum Gasteiger partial charge on any atom is 0.201 e. The van der Waals surface area contributed by atoms with Crippen LogP contribution in [0.4, 0.5) is 0 Å². The van der Waals surface area contributed by atoms with E-state index in [1.54, 1.807) is 13.8 Å². The summed E-state index contributed by atoms with van der Waals surface area (Å²) in [4.78, 5) is 48.5. The van der Waals surface area contributed by atoms with Gasteiger partial charge >= 0.3 is 0 Å². The first kappa shape index (κ1) is 25.6. The molecule has 0 amide bonds. The number of fused-ring (bicyclic) bond motifs is 2. The van der Waals surface area contributed by atoms with Gasteiger partial charge in [-0.2, -0.15) is 0 Å². The van der Waals surface area contributed by atoms with Gasteiger partial charge in [0, 0.05) is 34.4 Å². The number of carbonyl (C=O) groups excluding carboxylic acids is 2. The Morgan fingerprint density at radius 1 is 0.706 bits per heavy atom. The maximum atomic E-state index is 12.4. The fourth-order valence-electron chi connectivity index (χ4n) is 4.22. The second kappa shape index (κ2) is 10.5. The number of aromatic hydroxyl groups is 2. The van der Waals surface area contributed by atoms with Crippen molar-refractivity contribution < 1.29 is 19.8 Å². The first-order valence-electron chi connectivity index (χ1n) is 12.3. The van der Waals surface area contributed by atoms with Crippen molar-refractivity contribution in [2.24, 2.45) is 11.8 Å². The Bertz CT molecular complexity index is 1200. The minimum absolute atomic E-state index is 0.0226. The summed E-state index contributed by atoms with van der Waals surface area (Å²) in [6.07, 6.45) is 9.03. The summed E-state index contributed by atoms with van der Waals surface area (Å²) in [5, 5.41) is 20.6. The van der Waals surface area contributed by atoms with Gasteiger partial charge in [-0.05, 0) is 24.0 Å². The lowest BCUT2D eigenvalue weighted by atomic mass is 9.88. The largest absolute Gasteiger partial charge is 0.506 e. The molecule has 0 aliphatic heterocycles. The molecule has 6 nitrogen and oxygen atoms in total. The molecule has 0 aromatic heterocycles. The molecule has 0 atom stereocenters. The zero-order valence-corrected chi connectivity index (χ0v) is 20.5. The average molecular weight is 467 g/mol. The highest BCUT2D eigenvalue weighted by Crippen LogP contribution is 2.36. The van der Waals surface area contributed by atoms with Crippen molar-refractivity contribution >= 4 is 33.1 Å². The van der Waals surface area contributed by atoms with Gasteiger partial charge in [-0.25, -0.2) is 0 Å². The van der Waals surface area contributed by atoms with Crippen molar-refractivity contribution in [3.05, 3.63) is 43.7 Å². The molecule has 0 radical (unpaired) electrons. The molecule has 6 heteroatoms. The molecule has 0 saturated heterocycles. The molecule has 2 saturated carbocycles. The van der Waals surface area contributed by atoms with Crippen molar-refractivity contribution in [2.75, 3.05) is 0 Å². The molecular weight excluding hydrogens is 432 g/mol. The summed E-state index contributed by atoms with van der Waals surface area (Å²) in [5.41, 5.74) is -1.92. The third-order valence-corrected chi connectivity index (χ3v) is 7.07. The highest BCUT2D eigenvalue weighted by Gasteiger charge is 2.26. The summed E-state index contributed by atoms with van der Waals surface area (Å²) in [5.74, 6) is 0.217. The van der Waals surface area contributed by atoms with E-state index in [1.165, 1.54) is 50.7 Å². The normalized spacial score (nSPS) is 15.6. The molecule has 0 unspecified atom stereocenters. The second-order valence-corrected chi connectivity index (χ2v) is 9.67. The van der Waals surface area contributed by atoms with Gasteiger partial charge < -0.3 is 10.2 Å². The van der Waals surface area contributed by atoms with E-state index in [9.17, 15) is 29.4 Å². The Kier molecular flexibility index (Phi) is 7.90. The highest BCUT2D eigenvalue weighted by atomic mass is 16.3. The average Bonchev–Trinajstić information content (AvgIpc) is 3.19. The molecule has 3 aromatic rings. The smallest absolute Gasteiger partial charge is 0.201 e. The van der Waals surface area contributed by atoms with Crippen LogP contribution in [-0.2, 0) is 0 Å². The Morgan fingerprint density at radius 3 is 1.24 bits per heavy atom. The number of hydrogen-bond acceptors (Lipinski definition) is 6. The standard InChI is InChI=1S/C18H14O6.2C5H10/c1-3-11(19)13-15(21)7-5-9-10(6-8(7)16(13)22)18(24)14(17(9)23)12(20)4-2;2*1-5-3-2-4-5/h5-6,21,23H,3-4H2,1-2H3;2*5H,2-4H2,1H3. The van der Waals surface area contributed by atoms with Gasteiger partial charge in [0.1, 0.15) is 22.6 Å². The lowest BCUT2D eigenvalue weighted by molar-refractivity contribution is 0.0977. The minimum atomic E-state index is -0.653. The van der Waals surface area contributed by atoms with Gasteiger partial charge in [0.2, 0.25) is 10.9 Å². The zero-order valence-electron chi connectivity index (χ0n) is 20.5. The fraction of sp³-hybridized carbons (Fsp3) is 0.500. The van der Waals surface area contributed by atoms with Gasteiger partial charge in [-0.1, -0.05) is 66.2 Å². The molecule has 2 fully saturated rings. The third-order valence-electron chi connectivity index (χ3n) is 7.07. The number of carbonyl (C=O) groups is 2. The SMILES string of the molecule is CC1CCC1.CC1CCC1.CCC(=O)c1c(O)c2cc3c(O)c(C(=O)CC)c(=O)c3cc2c1=O. The van der Waals surface area contributed by atoms with E-state index in [1.807, 2.05) is 0 Å². The van der Waals surface area contributed by atoms with Crippen LogP contribution in [0.25, 0.3) is 21.5 Å². The minimum Gasteiger partial charge on any atom is -0.506 e. The quantitative estimate of drug-likeness (QED) is 0.471. The number of rotatable bonds is 4. The van der Waals surface area contributed by atoms with Crippen LogP contribution in [0.2, 0.25) is 0 Å². The number of ketones is 2. The molecule has 2 aliphatic rings. The van der Waals surface area contributed by atoms with Gasteiger partial charge in [-0.3, -0.25) is 19.2 Å². The first-order valence-corrected chi connectivity index (χ1v) is 12.3. The van der Waals surface area contributed by atoms with Crippen molar-refractivity contribution in [1.29, 1.82) is 0 Å². The summed E-state index contributed by atoms with van der Waals surface area (Å²) in [7, 11) is 0. The maximum absolute atomic E-state index is 12.4. The van der Waals surface area contributed by atoms with E-state index in [4.69, 9.17) is 0 Å². The topological polar surface area (TPSA) is 109 Å². The molecule has 0 bridgehead atoms. The van der Waals surface area contributed by atoms with Crippen LogP contribution in [0.5, 0.6) is 11.5 Å². The Morgan fingerprint density at radius 2 is 1.00 bits per heavy atom. The first-order chi connectivity index (χ1) is 16.1. The monoisotopic (exact) mass is 466 g/mol. The van der Waals surface area contributed by atoms with E-state index in [0.717, 1.165) is 11.8 Å². The molecular formula is C28H34O6. The Hall–Kier alpha value is -3.02. The van der Waals surface area contributed by atoms with E-state index in [2.05, 4.69) is 13.8 Å². The van der Waals surface area contributed by atoms with Crippen LogP contribution in [0.1, 0.15) is 99.8 Å². The van der Waals surface area contributed by atoms with E-state index in [0.29, 0.717) is 0 Å². The summed E-state index contributed by atoms with van der Waals surface area (Å²) < 4.78 is 0. The zero-order chi connectivity index (χ0) is 25.2. The van der Waals surface area contributed by atoms with Crippen LogP contribution < -0.4 is 10.9 Å². The van der Waals surface area contributed by atoms with Gasteiger partial charge in [0.25, 0.3) is 0 Å². The Labute approximate surface area is 199 Å². The lowest BCUT2D eigenvalue weighted by Gasteiger charge is -2.18. The Balaban J connectivity index is 0.000000265. The number of hydrogen-bond donors (Lipinski definition) is 2. The third kappa shape index (κ3) is 4.77. The highest BCUT2D eigenvalue weighted by molar-refractivity contribution is 6.15. The molecule has 3 aromatic carbocycles. The van der Waals surface area contributed by atoms with Crippen LogP contribution in [-0.4, -0.2) is 21.8 Å².